The van der Waals surface area contributed by atoms with Crippen molar-refractivity contribution in [1.29, 1.82) is 0 Å². The summed E-state index contributed by atoms with van der Waals surface area (Å²) in [5.74, 6) is 3.01. The van der Waals surface area contributed by atoms with Crippen LogP contribution in [0.15, 0.2) is 24.3 Å². The summed E-state index contributed by atoms with van der Waals surface area (Å²) in [4.78, 5) is 0. The first-order valence-electron chi connectivity index (χ1n) is 5.72. The normalized spacial score (nSPS) is 20.5. The highest BCUT2D eigenvalue weighted by molar-refractivity contribution is 7.99. The highest BCUT2D eigenvalue weighted by Crippen LogP contribution is 2.37. The molecular formula is C13H19NS. The molecule has 2 atom stereocenters. The first kappa shape index (κ1) is 11.0. The largest absolute Gasteiger partial charge is 0.327 e. The molecule has 0 saturated carbocycles. The fraction of sp³-hybridized carbons (Fsp3) is 0.538. The molecule has 0 heterocycles. The Bertz CT molecular complexity index is 324. The number of benzene rings is 1. The summed E-state index contributed by atoms with van der Waals surface area (Å²) >= 11 is 1.95. The molecule has 2 unspecified atom stereocenters. The molecule has 2 N–H and O–H groups in total. The van der Waals surface area contributed by atoms with Gasteiger partial charge in [0.25, 0.3) is 0 Å². The standard InChI is InChI=1S/C13H19NS/c1-2-15-9-12(14)8-11-7-10-5-3-4-6-13(10)11/h3-6,11-12H,2,7-9,14H2,1H3. The van der Waals surface area contributed by atoms with Gasteiger partial charge in [-0.15, -0.1) is 0 Å². The van der Waals surface area contributed by atoms with Crippen molar-refractivity contribution in [2.45, 2.75) is 31.7 Å². The van der Waals surface area contributed by atoms with Crippen LogP contribution in [0, 0.1) is 0 Å². The number of fused-ring (bicyclic) bond motifs is 1. The molecule has 0 bridgehead atoms. The van der Waals surface area contributed by atoms with E-state index in [1.807, 2.05) is 11.8 Å². The van der Waals surface area contributed by atoms with Crippen molar-refractivity contribution in [2.75, 3.05) is 11.5 Å². The molecule has 1 aliphatic rings. The van der Waals surface area contributed by atoms with E-state index in [1.165, 1.54) is 23.3 Å². The average molecular weight is 221 g/mol. The molecule has 0 saturated heterocycles. The van der Waals surface area contributed by atoms with E-state index in [4.69, 9.17) is 5.73 Å². The number of thioether (sulfide) groups is 1. The number of nitrogens with two attached hydrogens (primary N) is 1. The molecule has 82 valence electrons. The molecule has 1 aromatic carbocycles. The zero-order valence-electron chi connectivity index (χ0n) is 9.28. The van der Waals surface area contributed by atoms with Gasteiger partial charge in [0, 0.05) is 11.8 Å². The predicted octanol–water partition coefficient (Wildman–Crippen LogP) is 2.80. The van der Waals surface area contributed by atoms with E-state index in [1.54, 1.807) is 0 Å². The van der Waals surface area contributed by atoms with Gasteiger partial charge >= 0.3 is 0 Å². The van der Waals surface area contributed by atoms with Crippen LogP contribution in [0.3, 0.4) is 0 Å². The second kappa shape index (κ2) is 5.04. The van der Waals surface area contributed by atoms with Crippen LogP contribution in [0.1, 0.15) is 30.4 Å². The summed E-state index contributed by atoms with van der Waals surface area (Å²) in [5.41, 5.74) is 9.17. The summed E-state index contributed by atoms with van der Waals surface area (Å²) in [7, 11) is 0. The van der Waals surface area contributed by atoms with E-state index >= 15 is 0 Å². The van der Waals surface area contributed by atoms with E-state index in [0.717, 1.165) is 18.1 Å². The molecule has 0 aliphatic heterocycles. The third kappa shape index (κ3) is 2.56. The van der Waals surface area contributed by atoms with Crippen molar-refractivity contribution in [3.05, 3.63) is 35.4 Å². The van der Waals surface area contributed by atoms with Crippen molar-refractivity contribution < 1.29 is 0 Å². The van der Waals surface area contributed by atoms with Crippen molar-refractivity contribution in [3.63, 3.8) is 0 Å². The Balaban J connectivity index is 1.84. The molecule has 15 heavy (non-hydrogen) atoms. The first-order chi connectivity index (χ1) is 7.31. The second-order valence-electron chi connectivity index (χ2n) is 4.26. The maximum absolute atomic E-state index is 6.11. The van der Waals surface area contributed by atoms with Gasteiger partial charge in [0.1, 0.15) is 0 Å². The lowest BCUT2D eigenvalue weighted by Crippen LogP contribution is -2.29. The smallest absolute Gasteiger partial charge is 0.0136 e. The quantitative estimate of drug-likeness (QED) is 0.827. The highest BCUT2D eigenvalue weighted by atomic mass is 32.2. The van der Waals surface area contributed by atoms with Gasteiger partial charge < -0.3 is 5.73 Å². The molecule has 2 rings (SSSR count). The fourth-order valence-corrected chi connectivity index (χ4v) is 2.95. The number of rotatable bonds is 5. The van der Waals surface area contributed by atoms with E-state index < -0.39 is 0 Å². The van der Waals surface area contributed by atoms with Gasteiger partial charge in [0.2, 0.25) is 0 Å². The van der Waals surface area contributed by atoms with Crippen molar-refractivity contribution in [3.8, 4) is 0 Å². The summed E-state index contributed by atoms with van der Waals surface area (Å²) in [6.07, 6.45) is 2.39. The van der Waals surface area contributed by atoms with Gasteiger partial charge in [-0.1, -0.05) is 31.2 Å². The molecule has 1 aliphatic carbocycles. The van der Waals surface area contributed by atoms with Gasteiger partial charge in [0.05, 0.1) is 0 Å². The fourth-order valence-electron chi connectivity index (χ4n) is 2.28. The van der Waals surface area contributed by atoms with Gasteiger partial charge in [-0.05, 0) is 35.6 Å². The third-order valence-corrected chi connectivity index (χ3v) is 4.16. The average Bonchev–Trinajstić information content (AvgIpc) is 2.23. The van der Waals surface area contributed by atoms with Gasteiger partial charge in [0.15, 0.2) is 0 Å². The minimum atomic E-state index is 0.369. The van der Waals surface area contributed by atoms with Crippen LogP contribution >= 0.6 is 11.8 Å². The van der Waals surface area contributed by atoms with Crippen LogP contribution in [0.25, 0.3) is 0 Å². The molecule has 0 fully saturated rings. The van der Waals surface area contributed by atoms with E-state index in [0.29, 0.717) is 6.04 Å². The number of hydrogen-bond donors (Lipinski definition) is 1. The van der Waals surface area contributed by atoms with Gasteiger partial charge in [-0.25, -0.2) is 0 Å². The second-order valence-corrected chi connectivity index (χ2v) is 5.57. The van der Waals surface area contributed by atoms with Crippen LogP contribution in [-0.4, -0.2) is 17.5 Å². The lowest BCUT2D eigenvalue weighted by molar-refractivity contribution is 0.510. The minimum absolute atomic E-state index is 0.369. The Labute approximate surface area is 96.4 Å². The third-order valence-electron chi connectivity index (χ3n) is 3.08. The summed E-state index contributed by atoms with van der Waals surface area (Å²) in [5, 5.41) is 0. The molecule has 1 aromatic rings. The Hall–Kier alpha value is -0.470. The zero-order chi connectivity index (χ0) is 10.7. The molecule has 0 aromatic heterocycles. The SMILES string of the molecule is CCSCC(N)CC1Cc2ccccc21. The topological polar surface area (TPSA) is 26.0 Å². The van der Waals surface area contributed by atoms with Crippen LogP contribution in [-0.2, 0) is 6.42 Å². The Kier molecular flexibility index (Phi) is 3.71. The Morgan fingerprint density at radius 3 is 3.00 bits per heavy atom. The molecule has 0 amide bonds. The van der Waals surface area contributed by atoms with E-state index in [-0.39, 0.29) is 0 Å². The van der Waals surface area contributed by atoms with E-state index in [9.17, 15) is 0 Å². The van der Waals surface area contributed by atoms with E-state index in [2.05, 4.69) is 31.2 Å². The molecule has 0 spiro atoms. The summed E-state index contributed by atoms with van der Waals surface area (Å²) in [6, 6.07) is 9.12. The van der Waals surface area contributed by atoms with Crippen molar-refractivity contribution in [1.82, 2.24) is 0 Å². The summed E-state index contributed by atoms with van der Waals surface area (Å²) < 4.78 is 0. The molecule has 1 nitrogen and oxygen atoms in total. The van der Waals surface area contributed by atoms with Crippen LogP contribution in [0.2, 0.25) is 0 Å². The lowest BCUT2D eigenvalue weighted by Gasteiger charge is -2.31. The van der Waals surface area contributed by atoms with Crippen LogP contribution in [0.5, 0.6) is 0 Å². The highest BCUT2D eigenvalue weighted by Gasteiger charge is 2.26. The Morgan fingerprint density at radius 2 is 2.27 bits per heavy atom. The maximum atomic E-state index is 6.11. The minimum Gasteiger partial charge on any atom is -0.327 e. The maximum Gasteiger partial charge on any atom is 0.0136 e. The first-order valence-corrected chi connectivity index (χ1v) is 6.88. The lowest BCUT2D eigenvalue weighted by atomic mass is 9.75. The predicted molar refractivity (Wildman–Crippen MR) is 68.5 cm³/mol. The van der Waals surface area contributed by atoms with Crippen LogP contribution < -0.4 is 5.73 Å². The van der Waals surface area contributed by atoms with Crippen LogP contribution in [0.4, 0.5) is 0 Å². The van der Waals surface area contributed by atoms with Gasteiger partial charge in [-0.2, -0.15) is 11.8 Å². The molecule has 0 radical (unpaired) electrons. The molecular weight excluding hydrogens is 202 g/mol. The van der Waals surface area contributed by atoms with Crippen molar-refractivity contribution >= 4 is 11.8 Å². The van der Waals surface area contributed by atoms with Crippen molar-refractivity contribution in [2.24, 2.45) is 5.73 Å². The monoisotopic (exact) mass is 221 g/mol. The Morgan fingerprint density at radius 1 is 1.47 bits per heavy atom. The summed E-state index contributed by atoms with van der Waals surface area (Å²) in [6.45, 7) is 2.19. The molecule has 2 heteroatoms. The van der Waals surface area contributed by atoms with Gasteiger partial charge in [-0.3, -0.25) is 0 Å². The zero-order valence-corrected chi connectivity index (χ0v) is 10.1. The number of hydrogen-bond acceptors (Lipinski definition) is 2.